The maximum absolute atomic E-state index is 12.1. The lowest BCUT2D eigenvalue weighted by atomic mass is 10.2. The fraction of sp³-hybridized carbons (Fsp3) is 0.238. The highest BCUT2D eigenvalue weighted by Gasteiger charge is 2.07. The number of hydrogen-bond acceptors (Lipinski definition) is 5. The Morgan fingerprint density at radius 3 is 2.78 bits per heavy atom. The van der Waals surface area contributed by atoms with E-state index in [-0.39, 0.29) is 12.0 Å². The number of amides is 1. The molecule has 0 bridgehead atoms. The maximum atomic E-state index is 12.1. The monoisotopic (exact) mass is 382 g/mol. The average molecular weight is 382 g/mol. The molecule has 3 rings (SSSR count). The molecule has 27 heavy (non-hydrogen) atoms. The first-order valence-corrected chi connectivity index (χ1v) is 9.52. The molecule has 2 aromatic carbocycles. The number of aromatic nitrogens is 1. The van der Waals surface area contributed by atoms with Crippen molar-refractivity contribution in [3.8, 4) is 11.5 Å². The Morgan fingerprint density at radius 2 is 2.04 bits per heavy atom. The van der Waals surface area contributed by atoms with Crippen LogP contribution in [0, 0.1) is 0 Å². The molecule has 0 radical (unpaired) electrons. The lowest BCUT2D eigenvalue weighted by Crippen LogP contribution is -2.20. The summed E-state index contributed by atoms with van der Waals surface area (Å²) in [6, 6.07) is 13.5. The Kier molecular flexibility index (Phi) is 6.08. The number of nitrogens with one attached hydrogen (secondary N) is 1. The zero-order valence-corrected chi connectivity index (χ0v) is 16.4. The van der Waals surface area contributed by atoms with Crippen LogP contribution in [0.3, 0.4) is 0 Å². The van der Waals surface area contributed by atoms with Gasteiger partial charge in [0.15, 0.2) is 11.5 Å². The molecule has 1 amide bonds. The van der Waals surface area contributed by atoms with Gasteiger partial charge in [-0.05, 0) is 49.8 Å². The second kappa shape index (κ2) is 8.68. The van der Waals surface area contributed by atoms with Gasteiger partial charge in [-0.1, -0.05) is 18.2 Å². The predicted molar refractivity (Wildman–Crippen MR) is 109 cm³/mol. The quantitative estimate of drug-likeness (QED) is 0.615. The number of carbonyl (C=O) groups excluding carboxylic acids is 1. The fourth-order valence-electron chi connectivity index (χ4n) is 2.53. The second-order valence-electron chi connectivity index (χ2n) is 6.20. The molecule has 0 fully saturated rings. The smallest absolute Gasteiger partial charge is 0.244 e. The molecule has 0 aliphatic rings. The van der Waals surface area contributed by atoms with Crippen molar-refractivity contribution >= 4 is 33.5 Å². The number of benzene rings is 2. The van der Waals surface area contributed by atoms with Crippen molar-refractivity contribution in [2.75, 3.05) is 7.11 Å². The molecule has 0 aliphatic heterocycles. The molecule has 6 heteroatoms. The highest BCUT2D eigenvalue weighted by molar-refractivity contribution is 7.18. The van der Waals surface area contributed by atoms with E-state index in [1.807, 2.05) is 56.3 Å². The average Bonchev–Trinajstić information content (AvgIpc) is 3.08. The largest absolute Gasteiger partial charge is 0.493 e. The number of ether oxygens (including phenoxy) is 2. The molecule has 0 saturated carbocycles. The molecule has 140 valence electrons. The van der Waals surface area contributed by atoms with Crippen molar-refractivity contribution in [3.63, 3.8) is 0 Å². The Hall–Kier alpha value is -2.86. The molecule has 3 aromatic rings. The van der Waals surface area contributed by atoms with E-state index in [4.69, 9.17) is 9.47 Å². The first-order chi connectivity index (χ1) is 13.0. The molecular weight excluding hydrogens is 360 g/mol. The Morgan fingerprint density at radius 1 is 1.22 bits per heavy atom. The number of carbonyl (C=O) groups is 1. The minimum Gasteiger partial charge on any atom is -0.493 e. The first kappa shape index (κ1) is 18.9. The zero-order chi connectivity index (χ0) is 19.2. The number of hydrogen-bond donors (Lipinski definition) is 1. The Labute approximate surface area is 162 Å². The normalized spacial score (nSPS) is 11.3. The van der Waals surface area contributed by atoms with E-state index < -0.39 is 0 Å². The van der Waals surface area contributed by atoms with Crippen LogP contribution in [0.4, 0.5) is 0 Å². The van der Waals surface area contributed by atoms with Crippen LogP contribution in [-0.2, 0) is 11.3 Å². The minimum absolute atomic E-state index is 0.0635. The number of thiazole rings is 1. The molecular formula is C21H22N2O3S. The van der Waals surface area contributed by atoms with E-state index in [2.05, 4.69) is 10.3 Å². The third-order valence-corrected chi connectivity index (χ3v) is 4.77. The van der Waals surface area contributed by atoms with Crippen LogP contribution < -0.4 is 14.8 Å². The first-order valence-electron chi connectivity index (χ1n) is 8.70. The van der Waals surface area contributed by atoms with E-state index in [0.29, 0.717) is 18.0 Å². The van der Waals surface area contributed by atoms with E-state index in [1.165, 1.54) is 6.08 Å². The summed E-state index contributed by atoms with van der Waals surface area (Å²) in [7, 11) is 1.60. The maximum Gasteiger partial charge on any atom is 0.244 e. The number of rotatable bonds is 7. The summed E-state index contributed by atoms with van der Waals surface area (Å²) in [6.07, 6.45) is 3.31. The zero-order valence-electron chi connectivity index (χ0n) is 15.6. The third-order valence-electron chi connectivity index (χ3n) is 3.73. The van der Waals surface area contributed by atoms with Gasteiger partial charge in [-0.15, -0.1) is 11.3 Å². The molecule has 0 unspecified atom stereocenters. The molecule has 0 saturated heterocycles. The molecule has 5 nitrogen and oxygen atoms in total. The summed E-state index contributed by atoms with van der Waals surface area (Å²) < 4.78 is 12.2. The van der Waals surface area contributed by atoms with Crippen molar-refractivity contribution in [1.29, 1.82) is 0 Å². The summed E-state index contributed by atoms with van der Waals surface area (Å²) in [6.45, 7) is 4.33. The van der Waals surface area contributed by atoms with E-state index in [9.17, 15) is 4.79 Å². The van der Waals surface area contributed by atoms with E-state index in [1.54, 1.807) is 24.5 Å². The van der Waals surface area contributed by atoms with Crippen molar-refractivity contribution < 1.29 is 14.3 Å². The van der Waals surface area contributed by atoms with Crippen molar-refractivity contribution in [1.82, 2.24) is 10.3 Å². The highest BCUT2D eigenvalue weighted by Crippen LogP contribution is 2.29. The van der Waals surface area contributed by atoms with E-state index >= 15 is 0 Å². The van der Waals surface area contributed by atoms with Gasteiger partial charge in [0.05, 0.1) is 30.0 Å². The Bertz CT molecular complexity index is 930. The summed E-state index contributed by atoms with van der Waals surface area (Å²) in [5.41, 5.74) is 1.82. The van der Waals surface area contributed by atoms with Gasteiger partial charge >= 0.3 is 0 Å². The standard InChI is InChI=1S/C21H22N2O3S/c1-14(2)26-17-10-8-15(12-18(17)25-3)9-11-20(24)22-13-21-23-16-6-4-5-7-19(16)27-21/h4-12,14H,13H2,1-3H3,(H,22,24)/b11-9+. The summed E-state index contributed by atoms with van der Waals surface area (Å²) in [5, 5.41) is 3.75. The number of nitrogens with zero attached hydrogens (tertiary/aromatic N) is 1. The van der Waals surface area contributed by atoms with Crippen molar-refractivity contribution in [3.05, 3.63) is 59.1 Å². The topological polar surface area (TPSA) is 60.5 Å². The lowest BCUT2D eigenvalue weighted by molar-refractivity contribution is -0.116. The van der Waals surface area contributed by atoms with Crippen LogP contribution in [0.5, 0.6) is 11.5 Å². The minimum atomic E-state index is -0.171. The Balaban J connectivity index is 1.60. The van der Waals surface area contributed by atoms with E-state index in [0.717, 1.165) is 20.8 Å². The van der Waals surface area contributed by atoms with Crippen LogP contribution in [0.25, 0.3) is 16.3 Å². The van der Waals surface area contributed by atoms with Crippen LogP contribution in [0.15, 0.2) is 48.5 Å². The fourth-order valence-corrected chi connectivity index (χ4v) is 3.44. The lowest BCUT2D eigenvalue weighted by Gasteiger charge is -2.13. The molecule has 1 N–H and O–H groups in total. The molecule has 1 heterocycles. The number of fused-ring (bicyclic) bond motifs is 1. The van der Waals surface area contributed by atoms with Gasteiger partial charge in [-0.3, -0.25) is 4.79 Å². The van der Waals surface area contributed by atoms with Crippen LogP contribution in [0.1, 0.15) is 24.4 Å². The number of methoxy groups -OCH3 is 1. The second-order valence-corrected chi connectivity index (χ2v) is 7.32. The van der Waals surface area contributed by atoms with Crippen molar-refractivity contribution in [2.24, 2.45) is 0 Å². The van der Waals surface area contributed by atoms with Crippen molar-refractivity contribution in [2.45, 2.75) is 26.5 Å². The number of para-hydroxylation sites is 1. The predicted octanol–water partition coefficient (Wildman–Crippen LogP) is 4.42. The third kappa shape index (κ3) is 5.08. The molecule has 1 aromatic heterocycles. The van der Waals surface area contributed by atoms with Gasteiger partial charge in [0.25, 0.3) is 0 Å². The summed E-state index contributed by atoms with van der Waals surface area (Å²) in [5.74, 6) is 1.15. The van der Waals surface area contributed by atoms with Gasteiger partial charge in [0.2, 0.25) is 5.91 Å². The van der Waals surface area contributed by atoms with Gasteiger partial charge in [0.1, 0.15) is 5.01 Å². The van der Waals surface area contributed by atoms with Gasteiger partial charge in [-0.25, -0.2) is 4.98 Å². The van der Waals surface area contributed by atoms with Crippen LogP contribution in [0.2, 0.25) is 0 Å². The molecule has 0 spiro atoms. The van der Waals surface area contributed by atoms with Crippen LogP contribution in [-0.4, -0.2) is 24.1 Å². The SMILES string of the molecule is COc1cc(/C=C/C(=O)NCc2nc3ccccc3s2)ccc1OC(C)C. The summed E-state index contributed by atoms with van der Waals surface area (Å²) in [4.78, 5) is 16.6. The van der Waals surface area contributed by atoms with Gasteiger partial charge in [-0.2, -0.15) is 0 Å². The van der Waals surface area contributed by atoms with Gasteiger partial charge < -0.3 is 14.8 Å². The molecule has 0 aliphatic carbocycles. The highest BCUT2D eigenvalue weighted by atomic mass is 32.1. The van der Waals surface area contributed by atoms with Gasteiger partial charge in [0, 0.05) is 6.08 Å². The summed E-state index contributed by atoms with van der Waals surface area (Å²) >= 11 is 1.58. The molecule has 0 atom stereocenters. The van der Waals surface area contributed by atoms with Crippen LogP contribution >= 0.6 is 11.3 Å².